The van der Waals surface area contributed by atoms with Gasteiger partial charge in [0.2, 0.25) is 0 Å². The predicted molar refractivity (Wildman–Crippen MR) is 103 cm³/mol. The first-order valence-electron chi connectivity index (χ1n) is 8.93. The van der Waals surface area contributed by atoms with Gasteiger partial charge in [-0.25, -0.2) is 0 Å². The molecule has 0 N–H and O–H groups in total. The summed E-state index contributed by atoms with van der Waals surface area (Å²) in [6.45, 7) is 12.7. The Morgan fingerprint density at radius 1 is 1.00 bits per heavy atom. The van der Waals surface area contributed by atoms with Crippen LogP contribution in [0, 0.1) is 0 Å². The number of benzene rings is 1. The Morgan fingerprint density at radius 2 is 1.61 bits per heavy atom. The van der Waals surface area contributed by atoms with Crippen LogP contribution in [0.5, 0.6) is 5.75 Å². The molecule has 129 valence electrons. The molecule has 23 heavy (non-hydrogen) atoms. The predicted octanol–water partition coefficient (Wildman–Crippen LogP) is 4.41. The number of fused-ring (bicyclic) bond motifs is 1. The van der Waals surface area contributed by atoms with E-state index in [1.54, 1.807) is 5.56 Å². The van der Waals surface area contributed by atoms with E-state index in [1.165, 1.54) is 48.6 Å². The van der Waals surface area contributed by atoms with Crippen LogP contribution >= 0.6 is 0 Å². The molecule has 0 atom stereocenters. The molecular weight excluding hydrogens is 414 g/mol. The molecule has 2 rings (SSSR count). The summed E-state index contributed by atoms with van der Waals surface area (Å²) in [5, 5.41) is 0. The van der Waals surface area contributed by atoms with Gasteiger partial charge in [0, 0.05) is 0 Å². The van der Waals surface area contributed by atoms with Gasteiger partial charge in [-0.2, -0.15) is 0 Å². The van der Waals surface area contributed by atoms with Crippen molar-refractivity contribution in [3.63, 3.8) is 0 Å². The van der Waals surface area contributed by atoms with Crippen molar-refractivity contribution in [2.24, 2.45) is 0 Å². The molecule has 0 amide bonds. The fraction of sp³-hybridized carbons (Fsp3) is 0.700. The molecule has 1 aromatic carbocycles. The van der Waals surface area contributed by atoms with Crippen LogP contribution in [0.15, 0.2) is 12.1 Å². The van der Waals surface area contributed by atoms with E-state index in [9.17, 15) is 0 Å². The molecular formula is C20H31OSe2. The molecule has 0 bridgehead atoms. The summed E-state index contributed by atoms with van der Waals surface area (Å²) in [4.78, 5) is 0. The fourth-order valence-electron chi connectivity index (χ4n) is 3.46. The average Bonchev–Trinajstić information content (AvgIpc) is 2.51. The second kappa shape index (κ2) is 7.96. The van der Waals surface area contributed by atoms with E-state index < -0.39 is 0 Å². The van der Waals surface area contributed by atoms with E-state index in [4.69, 9.17) is 4.74 Å². The zero-order valence-corrected chi connectivity index (χ0v) is 18.8. The minimum absolute atomic E-state index is 0.258. The van der Waals surface area contributed by atoms with Crippen molar-refractivity contribution in [1.82, 2.24) is 0 Å². The molecule has 0 fully saturated rings. The van der Waals surface area contributed by atoms with Gasteiger partial charge < -0.3 is 0 Å². The zero-order valence-electron chi connectivity index (χ0n) is 15.3. The molecule has 0 aromatic heterocycles. The van der Waals surface area contributed by atoms with Gasteiger partial charge in [-0.05, 0) is 0 Å². The first kappa shape index (κ1) is 19.4. The zero-order chi connectivity index (χ0) is 17.1. The van der Waals surface area contributed by atoms with Crippen LogP contribution in [-0.4, -0.2) is 33.9 Å². The Morgan fingerprint density at radius 3 is 2.17 bits per heavy atom. The summed E-state index contributed by atoms with van der Waals surface area (Å²) in [5.41, 5.74) is 3.59. The molecule has 1 radical (unpaired) electrons. The first-order chi connectivity index (χ1) is 10.8. The van der Waals surface area contributed by atoms with Gasteiger partial charge in [-0.3, -0.25) is 0 Å². The first-order valence-corrected chi connectivity index (χ1v) is 14.1. The van der Waals surface area contributed by atoms with Crippen LogP contribution in [0.25, 0.3) is 0 Å². The summed E-state index contributed by atoms with van der Waals surface area (Å²) < 4.78 is 7.58. The topological polar surface area (TPSA) is 9.23 Å². The van der Waals surface area contributed by atoms with Gasteiger partial charge in [-0.1, -0.05) is 0 Å². The maximum atomic E-state index is 6.20. The van der Waals surface area contributed by atoms with Crippen molar-refractivity contribution in [3.05, 3.63) is 23.3 Å². The number of ether oxygens (including phenoxy) is 1. The number of hydrogen-bond donors (Lipinski definition) is 0. The SMILES string of the molecule is CCCCCCOc1cc2c(cc1[Se][Se])C(C)(C)CCC2(C)C. The Hall–Kier alpha value is 0.0590. The molecule has 1 aliphatic carbocycles. The second-order valence-corrected chi connectivity index (χ2v) is 11.2. The molecule has 0 spiro atoms. The van der Waals surface area contributed by atoms with Gasteiger partial charge >= 0.3 is 156 Å². The Balaban J connectivity index is 2.27. The summed E-state index contributed by atoms with van der Waals surface area (Å²) in [6, 6.07) is 4.80. The van der Waals surface area contributed by atoms with Crippen molar-refractivity contribution in [1.29, 1.82) is 0 Å². The van der Waals surface area contributed by atoms with Crippen LogP contribution in [0.3, 0.4) is 0 Å². The van der Waals surface area contributed by atoms with Crippen LogP contribution in [0.1, 0.15) is 84.3 Å². The van der Waals surface area contributed by atoms with Gasteiger partial charge in [0.25, 0.3) is 0 Å². The molecule has 0 aliphatic heterocycles. The molecule has 0 saturated carbocycles. The quantitative estimate of drug-likeness (QED) is 0.447. The number of rotatable bonds is 7. The summed E-state index contributed by atoms with van der Waals surface area (Å²) >= 11 is 3.60. The summed E-state index contributed by atoms with van der Waals surface area (Å²) in [7, 11) is 0. The second-order valence-electron chi connectivity index (χ2n) is 8.10. The van der Waals surface area contributed by atoms with Crippen LogP contribution in [-0.2, 0) is 10.8 Å². The summed E-state index contributed by atoms with van der Waals surface area (Å²) in [6.07, 6.45) is 7.56. The monoisotopic (exact) mass is 447 g/mol. The minimum atomic E-state index is 0.258. The van der Waals surface area contributed by atoms with Crippen LogP contribution in [0.4, 0.5) is 0 Å². The van der Waals surface area contributed by atoms with E-state index in [1.807, 2.05) is 0 Å². The molecule has 0 saturated heterocycles. The van der Waals surface area contributed by atoms with Crippen molar-refractivity contribution in [2.45, 2.75) is 84.0 Å². The summed E-state index contributed by atoms with van der Waals surface area (Å²) in [5.74, 6) is 1.13. The van der Waals surface area contributed by atoms with Crippen LogP contribution < -0.4 is 9.20 Å². The Labute approximate surface area is 155 Å². The third kappa shape index (κ3) is 4.57. The third-order valence-electron chi connectivity index (χ3n) is 5.26. The van der Waals surface area contributed by atoms with E-state index in [0.717, 1.165) is 12.4 Å². The van der Waals surface area contributed by atoms with Gasteiger partial charge in [0.15, 0.2) is 0 Å². The van der Waals surface area contributed by atoms with Gasteiger partial charge in [0.05, 0.1) is 0 Å². The molecule has 1 aromatic rings. The normalized spacial score (nSPS) is 18.5. The van der Waals surface area contributed by atoms with Crippen LogP contribution in [0.2, 0.25) is 0 Å². The Bertz CT molecular complexity index is 535. The van der Waals surface area contributed by atoms with Crippen molar-refractivity contribution >= 4 is 31.8 Å². The molecule has 1 nitrogen and oxygen atoms in total. The van der Waals surface area contributed by atoms with Crippen molar-refractivity contribution < 1.29 is 4.74 Å². The Kier molecular flexibility index (Phi) is 6.71. The van der Waals surface area contributed by atoms with Crippen molar-refractivity contribution in [3.8, 4) is 5.75 Å². The van der Waals surface area contributed by atoms with Gasteiger partial charge in [-0.15, -0.1) is 0 Å². The van der Waals surface area contributed by atoms with E-state index in [2.05, 4.69) is 60.9 Å². The third-order valence-corrected chi connectivity index (χ3v) is 8.27. The standard InChI is InChI=1S/C20H31OSe2/c1-6-7-8-9-12-21-17-13-15-16(14-18(17)23-22)20(4,5)11-10-19(15,2)3/h13-14H,6-12H2,1-5H3. The molecule has 3 heteroatoms. The van der Waals surface area contributed by atoms with E-state index in [0.29, 0.717) is 13.1 Å². The maximum absolute atomic E-state index is 6.20. The fourth-order valence-corrected chi connectivity index (χ4v) is 5.65. The molecule has 0 unspecified atom stereocenters. The number of hydrogen-bond acceptors (Lipinski definition) is 1. The van der Waals surface area contributed by atoms with Gasteiger partial charge in [0.1, 0.15) is 0 Å². The average molecular weight is 445 g/mol. The van der Waals surface area contributed by atoms with E-state index in [-0.39, 0.29) is 10.8 Å². The van der Waals surface area contributed by atoms with E-state index >= 15 is 0 Å². The number of unbranched alkanes of at least 4 members (excludes halogenated alkanes) is 3. The van der Waals surface area contributed by atoms with Crippen molar-refractivity contribution in [2.75, 3.05) is 6.61 Å². The molecule has 1 aliphatic rings. The molecule has 0 heterocycles.